The van der Waals surface area contributed by atoms with E-state index in [1.807, 2.05) is 30.4 Å². The summed E-state index contributed by atoms with van der Waals surface area (Å²) in [6.07, 6.45) is -1.11. The van der Waals surface area contributed by atoms with Crippen LogP contribution >= 0.6 is 0 Å². The molecule has 21 heavy (non-hydrogen) atoms. The van der Waals surface area contributed by atoms with Gasteiger partial charge in [0.05, 0.1) is 13.0 Å². The van der Waals surface area contributed by atoms with Gasteiger partial charge in [-0.25, -0.2) is 4.79 Å². The average molecular weight is 294 g/mol. The number of ether oxygens (including phenoxy) is 2. The van der Waals surface area contributed by atoms with Gasteiger partial charge in [-0.2, -0.15) is 0 Å². The number of urea groups is 1. The van der Waals surface area contributed by atoms with Crippen LogP contribution in [0.1, 0.15) is 18.9 Å². The van der Waals surface area contributed by atoms with Crippen molar-refractivity contribution in [3.63, 3.8) is 0 Å². The number of primary amides is 1. The van der Waals surface area contributed by atoms with E-state index in [1.54, 1.807) is 6.07 Å². The van der Waals surface area contributed by atoms with Crippen LogP contribution in [0.4, 0.5) is 4.79 Å². The zero-order chi connectivity index (χ0) is 15.8. The standard InChI is InChI=1S/C14H18N2O5/c1-9-4-3-5-11(8-9)20-7-6-12(17)21-10(2)13(18)16-14(15)19/h3-5,8,10H,6-7H2,1-2H3,(H3,15,16,18,19)/t10-/m0/s1. The van der Waals surface area contributed by atoms with Gasteiger partial charge in [-0.05, 0) is 31.5 Å². The van der Waals surface area contributed by atoms with E-state index in [2.05, 4.69) is 0 Å². The predicted octanol–water partition coefficient (Wildman–Crippen LogP) is 0.891. The fraction of sp³-hybridized carbons (Fsp3) is 0.357. The number of hydrogen-bond donors (Lipinski definition) is 2. The molecule has 3 amide bonds. The fourth-order valence-corrected chi connectivity index (χ4v) is 1.49. The average Bonchev–Trinajstić information content (AvgIpc) is 2.37. The number of nitrogens with one attached hydrogen (secondary N) is 1. The Morgan fingerprint density at radius 1 is 1.33 bits per heavy atom. The van der Waals surface area contributed by atoms with Crippen molar-refractivity contribution < 1.29 is 23.9 Å². The lowest BCUT2D eigenvalue weighted by Gasteiger charge is -2.12. The van der Waals surface area contributed by atoms with Gasteiger partial charge in [-0.1, -0.05) is 12.1 Å². The van der Waals surface area contributed by atoms with Gasteiger partial charge in [-0.15, -0.1) is 0 Å². The maximum atomic E-state index is 11.5. The van der Waals surface area contributed by atoms with Crippen molar-refractivity contribution in [1.82, 2.24) is 5.32 Å². The molecule has 1 aromatic rings. The molecule has 0 unspecified atom stereocenters. The van der Waals surface area contributed by atoms with Crippen LogP contribution < -0.4 is 15.8 Å². The molecule has 0 radical (unpaired) electrons. The van der Waals surface area contributed by atoms with Crippen LogP contribution in [0.15, 0.2) is 24.3 Å². The smallest absolute Gasteiger partial charge is 0.318 e. The highest BCUT2D eigenvalue weighted by Crippen LogP contribution is 2.12. The Balaban J connectivity index is 2.31. The molecule has 1 rings (SSSR count). The summed E-state index contributed by atoms with van der Waals surface area (Å²) in [6, 6.07) is 6.40. The van der Waals surface area contributed by atoms with E-state index in [1.165, 1.54) is 6.92 Å². The van der Waals surface area contributed by atoms with Crippen molar-refractivity contribution in [1.29, 1.82) is 0 Å². The molecule has 0 aliphatic heterocycles. The molecule has 0 aromatic heterocycles. The van der Waals surface area contributed by atoms with Crippen LogP contribution in [0.2, 0.25) is 0 Å². The van der Waals surface area contributed by atoms with Crippen molar-refractivity contribution in [3.05, 3.63) is 29.8 Å². The third kappa shape index (κ3) is 6.42. The predicted molar refractivity (Wildman–Crippen MR) is 74.6 cm³/mol. The number of imide groups is 1. The molecule has 7 nitrogen and oxygen atoms in total. The Labute approximate surface area is 122 Å². The highest BCUT2D eigenvalue weighted by atomic mass is 16.5. The van der Waals surface area contributed by atoms with Crippen molar-refractivity contribution in [2.45, 2.75) is 26.4 Å². The molecule has 0 heterocycles. The van der Waals surface area contributed by atoms with Gasteiger partial charge < -0.3 is 15.2 Å². The summed E-state index contributed by atoms with van der Waals surface area (Å²) in [4.78, 5) is 33.3. The van der Waals surface area contributed by atoms with Gasteiger partial charge in [-0.3, -0.25) is 14.9 Å². The van der Waals surface area contributed by atoms with E-state index in [-0.39, 0.29) is 13.0 Å². The largest absolute Gasteiger partial charge is 0.493 e. The number of aryl methyl sites for hydroxylation is 1. The van der Waals surface area contributed by atoms with Crippen molar-refractivity contribution in [3.8, 4) is 5.75 Å². The molecule has 0 saturated carbocycles. The topological polar surface area (TPSA) is 108 Å². The molecule has 0 bridgehead atoms. The van der Waals surface area contributed by atoms with Gasteiger partial charge in [0.15, 0.2) is 6.10 Å². The third-order valence-corrected chi connectivity index (χ3v) is 2.49. The van der Waals surface area contributed by atoms with Crippen LogP contribution in [-0.4, -0.2) is 30.6 Å². The Kier molecular flexibility index (Phi) is 6.19. The minimum Gasteiger partial charge on any atom is -0.493 e. The Hall–Kier alpha value is -2.57. The summed E-state index contributed by atoms with van der Waals surface area (Å²) in [5.74, 6) is -0.715. The highest BCUT2D eigenvalue weighted by Gasteiger charge is 2.18. The number of carbonyl (C=O) groups excluding carboxylic acids is 3. The fourth-order valence-electron chi connectivity index (χ4n) is 1.49. The Morgan fingerprint density at radius 3 is 2.67 bits per heavy atom. The molecule has 1 aromatic carbocycles. The van der Waals surface area contributed by atoms with Gasteiger partial charge in [0.25, 0.3) is 5.91 Å². The maximum absolute atomic E-state index is 11.5. The number of rotatable bonds is 6. The number of amides is 3. The summed E-state index contributed by atoms with van der Waals surface area (Å²) in [6.45, 7) is 3.41. The maximum Gasteiger partial charge on any atom is 0.318 e. The lowest BCUT2D eigenvalue weighted by molar-refractivity contribution is -0.154. The molecule has 0 saturated heterocycles. The van der Waals surface area contributed by atoms with Gasteiger partial charge in [0, 0.05) is 0 Å². The molecule has 3 N–H and O–H groups in total. The van der Waals surface area contributed by atoms with Crippen molar-refractivity contribution in [2.24, 2.45) is 5.73 Å². The van der Waals surface area contributed by atoms with E-state index in [0.717, 1.165) is 5.56 Å². The molecule has 0 spiro atoms. The van der Waals surface area contributed by atoms with Crippen LogP contribution in [0.5, 0.6) is 5.75 Å². The number of hydrogen-bond acceptors (Lipinski definition) is 5. The first-order valence-electron chi connectivity index (χ1n) is 6.37. The summed E-state index contributed by atoms with van der Waals surface area (Å²) < 4.78 is 10.2. The minimum atomic E-state index is -1.09. The molecular formula is C14H18N2O5. The van der Waals surface area contributed by atoms with Gasteiger partial charge in [0.2, 0.25) is 0 Å². The quantitative estimate of drug-likeness (QED) is 0.757. The summed E-state index contributed by atoms with van der Waals surface area (Å²) in [5, 5.41) is 1.83. The summed E-state index contributed by atoms with van der Waals surface area (Å²) in [7, 11) is 0. The van der Waals surface area contributed by atoms with E-state index in [9.17, 15) is 14.4 Å². The Bertz CT molecular complexity index is 530. The first-order valence-corrected chi connectivity index (χ1v) is 6.37. The third-order valence-electron chi connectivity index (χ3n) is 2.49. The second-order valence-electron chi connectivity index (χ2n) is 4.40. The van der Waals surface area contributed by atoms with Gasteiger partial charge in [0.1, 0.15) is 5.75 Å². The van der Waals surface area contributed by atoms with Crippen molar-refractivity contribution in [2.75, 3.05) is 6.61 Å². The lowest BCUT2D eigenvalue weighted by atomic mass is 10.2. The van der Waals surface area contributed by atoms with Crippen LogP contribution in [-0.2, 0) is 14.3 Å². The first-order chi connectivity index (χ1) is 9.88. The van der Waals surface area contributed by atoms with Crippen LogP contribution in [0.25, 0.3) is 0 Å². The molecule has 7 heteroatoms. The Morgan fingerprint density at radius 2 is 2.05 bits per heavy atom. The number of nitrogens with two attached hydrogens (primary N) is 1. The molecule has 0 aliphatic rings. The lowest BCUT2D eigenvalue weighted by Crippen LogP contribution is -2.42. The summed E-state index contributed by atoms with van der Waals surface area (Å²) in [5.41, 5.74) is 5.84. The van der Waals surface area contributed by atoms with E-state index in [4.69, 9.17) is 15.2 Å². The zero-order valence-corrected chi connectivity index (χ0v) is 11.9. The molecule has 0 aliphatic carbocycles. The highest BCUT2D eigenvalue weighted by molar-refractivity contribution is 5.96. The normalized spacial score (nSPS) is 11.3. The number of carbonyl (C=O) groups is 3. The summed E-state index contributed by atoms with van der Waals surface area (Å²) >= 11 is 0. The zero-order valence-electron chi connectivity index (χ0n) is 11.9. The SMILES string of the molecule is Cc1cccc(OCCC(=O)O[C@@H](C)C(=O)NC(N)=O)c1. The minimum absolute atomic E-state index is 0.0118. The van der Waals surface area contributed by atoms with Gasteiger partial charge >= 0.3 is 12.0 Å². The van der Waals surface area contributed by atoms with Crippen molar-refractivity contribution >= 4 is 17.9 Å². The second kappa shape index (κ2) is 7.88. The van der Waals surface area contributed by atoms with Crippen LogP contribution in [0, 0.1) is 6.92 Å². The number of esters is 1. The first kappa shape index (κ1) is 16.5. The van der Waals surface area contributed by atoms with Crippen LogP contribution in [0.3, 0.4) is 0 Å². The monoisotopic (exact) mass is 294 g/mol. The molecular weight excluding hydrogens is 276 g/mol. The number of benzene rings is 1. The molecule has 0 fully saturated rings. The molecule has 1 atom stereocenters. The van der Waals surface area contributed by atoms with E-state index < -0.39 is 24.0 Å². The second-order valence-corrected chi connectivity index (χ2v) is 4.40. The van der Waals surface area contributed by atoms with E-state index in [0.29, 0.717) is 5.75 Å². The van der Waals surface area contributed by atoms with E-state index >= 15 is 0 Å². The molecule has 114 valence electrons.